The summed E-state index contributed by atoms with van der Waals surface area (Å²) >= 11 is 0. The number of rotatable bonds is 4. The fraction of sp³-hybridized carbons (Fsp3) is 0.222. The molecular weight excluding hydrogens is 230 g/mol. The number of nitrogens with one attached hydrogen (secondary N) is 1. The molecule has 0 unspecified atom stereocenters. The number of aryl methyl sites for hydroxylation is 1. The van der Waals surface area contributed by atoms with E-state index in [4.69, 9.17) is 0 Å². The molecule has 0 aliphatic carbocycles. The molecule has 0 radical (unpaired) electrons. The Morgan fingerprint density at radius 1 is 0.947 bits per heavy atom. The molecular formula is C18H19N. The fourth-order valence-electron chi connectivity index (χ4n) is 2.46. The van der Waals surface area contributed by atoms with Gasteiger partial charge in [-0.25, -0.2) is 0 Å². The summed E-state index contributed by atoms with van der Waals surface area (Å²) in [6, 6.07) is 19.6. The van der Waals surface area contributed by atoms with Crippen molar-refractivity contribution in [1.29, 1.82) is 0 Å². The van der Waals surface area contributed by atoms with Crippen molar-refractivity contribution >= 4 is 10.9 Å². The third-order valence-electron chi connectivity index (χ3n) is 3.61. The summed E-state index contributed by atoms with van der Waals surface area (Å²) in [5.41, 5.74) is 5.09. The third-order valence-corrected chi connectivity index (χ3v) is 3.61. The molecule has 0 aliphatic heterocycles. The summed E-state index contributed by atoms with van der Waals surface area (Å²) < 4.78 is 0. The Balaban J connectivity index is 1.88. The molecule has 3 rings (SSSR count). The predicted octanol–water partition coefficient (Wildman–Crippen LogP) is 5.18. The average molecular weight is 249 g/mol. The van der Waals surface area contributed by atoms with Crippen molar-refractivity contribution in [3.8, 4) is 11.3 Å². The van der Waals surface area contributed by atoms with E-state index >= 15 is 0 Å². The number of aromatic amines is 1. The number of unbranched alkanes of at least 4 members (excludes halogenated alkanes) is 1. The molecule has 19 heavy (non-hydrogen) atoms. The highest BCUT2D eigenvalue weighted by molar-refractivity contribution is 5.85. The monoisotopic (exact) mass is 249 g/mol. The van der Waals surface area contributed by atoms with Gasteiger partial charge in [0, 0.05) is 16.6 Å². The summed E-state index contributed by atoms with van der Waals surface area (Å²) in [5.74, 6) is 0. The number of para-hydroxylation sites is 1. The third kappa shape index (κ3) is 2.55. The lowest BCUT2D eigenvalue weighted by atomic mass is 10.0. The van der Waals surface area contributed by atoms with E-state index in [0.29, 0.717) is 0 Å². The van der Waals surface area contributed by atoms with Gasteiger partial charge in [0.15, 0.2) is 0 Å². The van der Waals surface area contributed by atoms with Gasteiger partial charge in [-0.15, -0.1) is 0 Å². The van der Waals surface area contributed by atoms with Crippen LogP contribution in [0.5, 0.6) is 0 Å². The first-order valence-corrected chi connectivity index (χ1v) is 7.04. The van der Waals surface area contributed by atoms with Crippen LogP contribution in [0.1, 0.15) is 25.3 Å². The van der Waals surface area contributed by atoms with Crippen molar-refractivity contribution in [2.45, 2.75) is 26.2 Å². The molecule has 1 nitrogen and oxygen atoms in total. The van der Waals surface area contributed by atoms with Crippen LogP contribution in [0.4, 0.5) is 0 Å². The number of hydrogen-bond acceptors (Lipinski definition) is 0. The van der Waals surface area contributed by atoms with Crippen LogP contribution in [0.3, 0.4) is 0 Å². The quantitative estimate of drug-likeness (QED) is 0.656. The second-order valence-electron chi connectivity index (χ2n) is 5.07. The number of benzene rings is 2. The Morgan fingerprint density at radius 3 is 2.47 bits per heavy atom. The molecule has 1 N–H and O–H groups in total. The Kier molecular flexibility index (Phi) is 3.37. The molecule has 0 atom stereocenters. The van der Waals surface area contributed by atoms with Gasteiger partial charge in [0.2, 0.25) is 0 Å². The topological polar surface area (TPSA) is 15.8 Å². The van der Waals surface area contributed by atoms with Crippen LogP contribution >= 0.6 is 0 Å². The second kappa shape index (κ2) is 5.31. The van der Waals surface area contributed by atoms with Crippen molar-refractivity contribution in [2.24, 2.45) is 0 Å². The van der Waals surface area contributed by atoms with Crippen molar-refractivity contribution in [3.63, 3.8) is 0 Å². The highest BCUT2D eigenvalue weighted by atomic mass is 14.7. The first kappa shape index (κ1) is 12.0. The van der Waals surface area contributed by atoms with Gasteiger partial charge >= 0.3 is 0 Å². The van der Waals surface area contributed by atoms with Crippen molar-refractivity contribution < 1.29 is 0 Å². The number of hydrogen-bond donors (Lipinski definition) is 1. The first-order chi connectivity index (χ1) is 9.36. The van der Waals surface area contributed by atoms with E-state index < -0.39 is 0 Å². The van der Waals surface area contributed by atoms with Gasteiger partial charge < -0.3 is 4.98 Å². The van der Waals surface area contributed by atoms with Gasteiger partial charge in [0.05, 0.1) is 0 Å². The maximum Gasteiger partial charge on any atom is 0.0464 e. The molecule has 0 saturated carbocycles. The Hall–Kier alpha value is -2.02. The van der Waals surface area contributed by atoms with Gasteiger partial charge in [-0.05, 0) is 36.1 Å². The maximum absolute atomic E-state index is 3.47. The summed E-state index contributed by atoms with van der Waals surface area (Å²) in [6.45, 7) is 2.23. The van der Waals surface area contributed by atoms with Crippen LogP contribution in [0, 0.1) is 0 Å². The summed E-state index contributed by atoms with van der Waals surface area (Å²) in [7, 11) is 0. The zero-order valence-corrected chi connectivity index (χ0v) is 11.3. The number of aromatic nitrogens is 1. The standard InChI is InChI=1S/C18H19N/c1-2-3-6-14-9-11-15(12-10-14)18-13-16-7-4-5-8-17(16)19-18/h4-5,7-13,19H,2-3,6H2,1H3. The fourth-order valence-corrected chi connectivity index (χ4v) is 2.46. The molecule has 3 aromatic rings. The lowest BCUT2D eigenvalue weighted by Gasteiger charge is -2.02. The van der Waals surface area contributed by atoms with E-state index in [2.05, 4.69) is 66.5 Å². The van der Waals surface area contributed by atoms with Gasteiger partial charge in [0.25, 0.3) is 0 Å². The largest absolute Gasteiger partial charge is 0.355 e. The molecule has 0 aliphatic rings. The summed E-state index contributed by atoms with van der Waals surface area (Å²) in [5, 5.41) is 1.27. The van der Waals surface area contributed by atoms with Crippen LogP contribution in [0.25, 0.3) is 22.2 Å². The molecule has 1 heteroatoms. The van der Waals surface area contributed by atoms with Crippen LogP contribution in [0.2, 0.25) is 0 Å². The molecule has 0 spiro atoms. The van der Waals surface area contributed by atoms with Crippen LogP contribution in [0.15, 0.2) is 54.6 Å². The zero-order valence-electron chi connectivity index (χ0n) is 11.3. The lowest BCUT2D eigenvalue weighted by Crippen LogP contribution is -1.84. The van der Waals surface area contributed by atoms with Crippen molar-refractivity contribution in [2.75, 3.05) is 0 Å². The number of H-pyrrole nitrogens is 1. The van der Waals surface area contributed by atoms with Crippen LogP contribution in [-0.2, 0) is 6.42 Å². The van der Waals surface area contributed by atoms with E-state index in [-0.39, 0.29) is 0 Å². The van der Waals surface area contributed by atoms with E-state index in [0.717, 1.165) is 0 Å². The maximum atomic E-state index is 3.47. The smallest absolute Gasteiger partial charge is 0.0464 e. The van der Waals surface area contributed by atoms with E-state index in [1.54, 1.807) is 0 Å². The predicted molar refractivity (Wildman–Crippen MR) is 82.3 cm³/mol. The molecule has 0 bridgehead atoms. The molecule has 0 amide bonds. The second-order valence-corrected chi connectivity index (χ2v) is 5.07. The SMILES string of the molecule is CCCCc1ccc(-c2cc3ccccc3[nH]2)cc1. The van der Waals surface area contributed by atoms with Gasteiger partial charge in [-0.2, -0.15) is 0 Å². The molecule has 1 heterocycles. The minimum absolute atomic E-state index is 1.18. The molecule has 0 saturated heterocycles. The molecule has 2 aromatic carbocycles. The first-order valence-electron chi connectivity index (χ1n) is 7.04. The highest BCUT2D eigenvalue weighted by Gasteiger charge is 2.02. The Morgan fingerprint density at radius 2 is 1.74 bits per heavy atom. The Labute approximate surface area is 114 Å². The van der Waals surface area contributed by atoms with E-state index in [9.17, 15) is 0 Å². The Bertz CT molecular complexity index is 628. The normalized spacial score (nSPS) is 11.0. The molecule has 96 valence electrons. The van der Waals surface area contributed by atoms with Crippen molar-refractivity contribution in [1.82, 2.24) is 4.98 Å². The zero-order chi connectivity index (χ0) is 13.1. The lowest BCUT2D eigenvalue weighted by molar-refractivity contribution is 0.795. The summed E-state index contributed by atoms with van der Waals surface area (Å²) in [4.78, 5) is 3.47. The van der Waals surface area contributed by atoms with Crippen LogP contribution in [-0.4, -0.2) is 4.98 Å². The van der Waals surface area contributed by atoms with E-state index in [1.165, 1.54) is 47.0 Å². The van der Waals surface area contributed by atoms with Gasteiger partial charge in [-0.3, -0.25) is 0 Å². The van der Waals surface area contributed by atoms with Crippen LogP contribution < -0.4 is 0 Å². The van der Waals surface area contributed by atoms with E-state index in [1.807, 2.05) is 0 Å². The number of fused-ring (bicyclic) bond motifs is 1. The molecule has 1 aromatic heterocycles. The summed E-state index contributed by atoms with van der Waals surface area (Å²) in [6.07, 6.45) is 3.71. The minimum atomic E-state index is 1.18. The molecule has 0 fully saturated rings. The van der Waals surface area contributed by atoms with Crippen molar-refractivity contribution in [3.05, 3.63) is 60.2 Å². The van der Waals surface area contributed by atoms with Gasteiger partial charge in [0.1, 0.15) is 0 Å². The van der Waals surface area contributed by atoms with Gasteiger partial charge in [-0.1, -0.05) is 55.8 Å². The minimum Gasteiger partial charge on any atom is -0.355 e. The highest BCUT2D eigenvalue weighted by Crippen LogP contribution is 2.24. The average Bonchev–Trinajstić information content (AvgIpc) is 2.89.